The highest BCUT2D eigenvalue weighted by Crippen LogP contribution is 2.34. The molecular weight excluding hydrogens is 437 g/mol. The lowest BCUT2D eigenvalue weighted by molar-refractivity contribution is -0.283. The topological polar surface area (TPSA) is 55.4 Å². The van der Waals surface area contributed by atoms with E-state index in [0.29, 0.717) is 6.61 Å². The van der Waals surface area contributed by atoms with Crippen molar-refractivity contribution in [1.29, 1.82) is 0 Å². The van der Waals surface area contributed by atoms with Crippen molar-refractivity contribution in [2.45, 2.75) is 109 Å². The Hall–Kier alpha value is 0.628. The van der Waals surface area contributed by atoms with E-state index in [9.17, 15) is 0 Å². The van der Waals surface area contributed by atoms with Crippen LogP contribution in [-0.2, 0) is 27.2 Å². The minimum absolute atomic E-state index is 0.238. The van der Waals surface area contributed by atoms with Crippen LogP contribution in [0.1, 0.15) is 0 Å². The Kier molecular flexibility index (Phi) is 9.59. The molecule has 0 amide bonds. The molecular formula is C19H46O6Si4. The Morgan fingerprint density at radius 2 is 1.00 bits per heavy atom. The molecule has 0 N–H and O–H groups in total. The smallest absolute Gasteiger partial charge is 0.185 e. The van der Waals surface area contributed by atoms with Gasteiger partial charge in [0.25, 0.3) is 0 Å². The van der Waals surface area contributed by atoms with Crippen LogP contribution in [0.15, 0.2) is 0 Å². The van der Waals surface area contributed by atoms with E-state index in [1.54, 1.807) is 7.11 Å². The third kappa shape index (κ3) is 10.7. The number of methoxy groups -OCH3 is 1. The zero-order chi connectivity index (χ0) is 22.8. The standard InChI is InChI=1S/C19H46O6Si4/c1-20-19-18(25-29(11,12)13)17(24-28(8,9)10)16(23-27(5,6)7)15(22-19)14-21-26(2,3)4/h15-19H,14H2,1-13H3/t15-,16-,17+,18-,19-/m0/s1. The van der Waals surface area contributed by atoms with Crippen LogP contribution in [0.2, 0.25) is 78.6 Å². The van der Waals surface area contributed by atoms with E-state index < -0.39 is 39.6 Å². The fourth-order valence-corrected chi connectivity index (χ4v) is 7.07. The van der Waals surface area contributed by atoms with Crippen LogP contribution >= 0.6 is 0 Å². The molecule has 10 heteroatoms. The van der Waals surface area contributed by atoms with E-state index in [2.05, 4.69) is 78.6 Å². The summed E-state index contributed by atoms with van der Waals surface area (Å²) in [6.07, 6.45) is -1.55. The van der Waals surface area contributed by atoms with Gasteiger partial charge in [0.15, 0.2) is 39.6 Å². The first kappa shape index (κ1) is 27.7. The lowest BCUT2D eigenvalue weighted by Crippen LogP contribution is -2.66. The molecule has 0 aliphatic carbocycles. The summed E-state index contributed by atoms with van der Waals surface area (Å²) in [6.45, 7) is 26.8. The molecule has 5 atom stereocenters. The van der Waals surface area contributed by atoms with Crippen LogP contribution in [0.5, 0.6) is 0 Å². The van der Waals surface area contributed by atoms with Gasteiger partial charge in [0, 0.05) is 7.11 Å². The van der Waals surface area contributed by atoms with Crippen molar-refractivity contribution < 1.29 is 27.2 Å². The maximum absolute atomic E-state index is 6.72. The summed E-state index contributed by atoms with van der Waals surface area (Å²) in [5.74, 6) is 0. The van der Waals surface area contributed by atoms with Crippen molar-refractivity contribution in [1.82, 2.24) is 0 Å². The second-order valence-corrected chi connectivity index (χ2v) is 29.7. The molecule has 6 nitrogen and oxygen atoms in total. The van der Waals surface area contributed by atoms with Gasteiger partial charge in [-0.2, -0.15) is 0 Å². The van der Waals surface area contributed by atoms with Crippen molar-refractivity contribution in [2.75, 3.05) is 13.7 Å². The minimum atomic E-state index is -1.88. The van der Waals surface area contributed by atoms with Gasteiger partial charge >= 0.3 is 0 Å². The number of rotatable bonds is 10. The van der Waals surface area contributed by atoms with E-state index in [1.807, 2.05) is 0 Å². The molecule has 0 unspecified atom stereocenters. The molecule has 0 saturated carbocycles. The molecule has 1 aliphatic rings. The van der Waals surface area contributed by atoms with Gasteiger partial charge in [-0.3, -0.25) is 0 Å². The Bertz CT molecular complexity index is 507. The maximum Gasteiger partial charge on any atom is 0.185 e. The van der Waals surface area contributed by atoms with Gasteiger partial charge in [0.1, 0.15) is 24.4 Å². The van der Waals surface area contributed by atoms with E-state index in [0.717, 1.165) is 0 Å². The third-order valence-corrected chi connectivity index (χ3v) is 7.94. The first-order chi connectivity index (χ1) is 12.8. The minimum Gasteiger partial charge on any atom is -0.415 e. The largest absolute Gasteiger partial charge is 0.415 e. The van der Waals surface area contributed by atoms with Crippen molar-refractivity contribution >= 4 is 33.3 Å². The fourth-order valence-electron chi connectivity index (χ4n) is 3.16. The number of hydrogen-bond donors (Lipinski definition) is 0. The summed E-state index contributed by atoms with van der Waals surface area (Å²) in [6, 6.07) is 0. The average Bonchev–Trinajstić information content (AvgIpc) is 2.44. The van der Waals surface area contributed by atoms with Crippen molar-refractivity contribution in [3.05, 3.63) is 0 Å². The lowest BCUT2D eigenvalue weighted by Gasteiger charge is -2.50. The zero-order valence-electron chi connectivity index (χ0n) is 21.0. The molecule has 1 fully saturated rings. The molecule has 1 saturated heterocycles. The van der Waals surface area contributed by atoms with Crippen LogP contribution in [0.3, 0.4) is 0 Å². The van der Waals surface area contributed by atoms with Crippen LogP contribution in [0.4, 0.5) is 0 Å². The molecule has 29 heavy (non-hydrogen) atoms. The predicted octanol–water partition coefficient (Wildman–Crippen LogP) is 4.87. The maximum atomic E-state index is 6.72. The molecule has 1 aliphatic heterocycles. The molecule has 0 aromatic rings. The number of ether oxygens (including phenoxy) is 2. The molecule has 1 heterocycles. The summed E-state index contributed by atoms with van der Waals surface area (Å²) in [7, 11) is -5.66. The van der Waals surface area contributed by atoms with E-state index in [4.69, 9.17) is 27.2 Å². The number of hydrogen-bond acceptors (Lipinski definition) is 6. The Labute approximate surface area is 183 Å². The van der Waals surface area contributed by atoms with Gasteiger partial charge in [0.05, 0.1) is 6.61 Å². The molecule has 1 rings (SSSR count). The second-order valence-electron chi connectivity index (χ2n) is 11.8. The van der Waals surface area contributed by atoms with Crippen LogP contribution < -0.4 is 0 Å². The second kappa shape index (κ2) is 10.1. The normalized spacial score (nSPS) is 29.9. The van der Waals surface area contributed by atoms with Crippen LogP contribution in [0.25, 0.3) is 0 Å². The zero-order valence-corrected chi connectivity index (χ0v) is 25.0. The first-order valence-corrected chi connectivity index (χ1v) is 24.3. The van der Waals surface area contributed by atoms with Crippen LogP contribution in [-0.4, -0.2) is 77.7 Å². The molecule has 174 valence electrons. The van der Waals surface area contributed by atoms with Gasteiger partial charge in [-0.1, -0.05) is 0 Å². The molecule has 0 radical (unpaired) electrons. The SMILES string of the molecule is CO[C@H]1O[C@@H](CO[Si](C)(C)C)[C@H](O[Si](C)(C)C)[C@@H](O[Si](C)(C)C)[C@@H]1O[Si](C)(C)C. The lowest BCUT2D eigenvalue weighted by atomic mass is 9.99. The van der Waals surface area contributed by atoms with Crippen LogP contribution in [0, 0.1) is 0 Å². The molecule has 0 spiro atoms. The van der Waals surface area contributed by atoms with Crippen molar-refractivity contribution in [2.24, 2.45) is 0 Å². The quantitative estimate of drug-likeness (QED) is 0.414. The van der Waals surface area contributed by atoms with Gasteiger partial charge in [-0.05, 0) is 78.6 Å². The van der Waals surface area contributed by atoms with E-state index in [1.165, 1.54) is 0 Å². The highest BCUT2D eigenvalue weighted by atomic mass is 28.4. The Morgan fingerprint density at radius 1 is 0.586 bits per heavy atom. The fraction of sp³-hybridized carbons (Fsp3) is 1.00. The van der Waals surface area contributed by atoms with Crippen molar-refractivity contribution in [3.63, 3.8) is 0 Å². The summed E-state index contributed by atoms with van der Waals surface area (Å²) in [5, 5.41) is 0. The van der Waals surface area contributed by atoms with Gasteiger partial charge < -0.3 is 27.2 Å². The van der Waals surface area contributed by atoms with E-state index >= 15 is 0 Å². The van der Waals surface area contributed by atoms with Gasteiger partial charge in [0.2, 0.25) is 0 Å². The van der Waals surface area contributed by atoms with E-state index in [-0.39, 0.29) is 24.4 Å². The summed E-state index contributed by atoms with van der Waals surface area (Å²) < 4.78 is 38.4. The Balaban J connectivity index is 3.34. The first-order valence-electron chi connectivity index (χ1n) is 10.7. The third-order valence-electron chi connectivity index (χ3n) is 3.97. The summed E-state index contributed by atoms with van der Waals surface area (Å²) in [4.78, 5) is 0. The average molecular weight is 483 g/mol. The highest BCUT2D eigenvalue weighted by Gasteiger charge is 2.51. The molecule has 0 aromatic carbocycles. The predicted molar refractivity (Wildman–Crippen MR) is 130 cm³/mol. The Morgan fingerprint density at radius 3 is 1.38 bits per heavy atom. The van der Waals surface area contributed by atoms with Gasteiger partial charge in [-0.15, -0.1) is 0 Å². The molecule has 0 bridgehead atoms. The molecule has 0 aromatic heterocycles. The summed E-state index contributed by atoms with van der Waals surface area (Å²) in [5.41, 5.74) is 0. The monoisotopic (exact) mass is 482 g/mol. The van der Waals surface area contributed by atoms with Crippen molar-refractivity contribution in [3.8, 4) is 0 Å². The van der Waals surface area contributed by atoms with Gasteiger partial charge in [-0.25, -0.2) is 0 Å². The summed E-state index contributed by atoms with van der Waals surface area (Å²) >= 11 is 0. The highest BCUT2D eigenvalue weighted by molar-refractivity contribution is 6.71.